The molecule has 0 spiro atoms. The Morgan fingerprint density at radius 3 is 2.68 bits per heavy atom. The topological polar surface area (TPSA) is 49.3 Å². The van der Waals surface area contributed by atoms with E-state index in [1.165, 1.54) is 18.6 Å². The SMILES string of the molecule is CC1CCC(NCc2ccc(C(=O)O)c(F)c2)C1C. The van der Waals surface area contributed by atoms with Gasteiger partial charge in [0.1, 0.15) is 5.82 Å². The van der Waals surface area contributed by atoms with Gasteiger partial charge in [-0.25, -0.2) is 9.18 Å². The van der Waals surface area contributed by atoms with Crippen LogP contribution in [0.2, 0.25) is 0 Å². The minimum atomic E-state index is -1.23. The van der Waals surface area contributed by atoms with Crippen molar-refractivity contribution in [2.75, 3.05) is 0 Å². The molecule has 4 heteroatoms. The summed E-state index contributed by atoms with van der Waals surface area (Å²) >= 11 is 0. The summed E-state index contributed by atoms with van der Waals surface area (Å²) in [6, 6.07) is 4.77. The highest BCUT2D eigenvalue weighted by Gasteiger charge is 2.29. The quantitative estimate of drug-likeness (QED) is 0.879. The summed E-state index contributed by atoms with van der Waals surface area (Å²) < 4.78 is 13.5. The number of carboxylic acid groups (broad SMARTS) is 1. The third kappa shape index (κ3) is 3.13. The van der Waals surface area contributed by atoms with Gasteiger partial charge in [-0.15, -0.1) is 0 Å². The van der Waals surface area contributed by atoms with Crippen LogP contribution in [0, 0.1) is 17.7 Å². The molecule has 1 aliphatic rings. The van der Waals surface area contributed by atoms with Crippen LogP contribution < -0.4 is 5.32 Å². The largest absolute Gasteiger partial charge is 0.478 e. The van der Waals surface area contributed by atoms with Crippen molar-refractivity contribution in [2.24, 2.45) is 11.8 Å². The third-order valence-corrected chi connectivity index (χ3v) is 4.30. The van der Waals surface area contributed by atoms with Gasteiger partial charge in [-0.3, -0.25) is 0 Å². The zero-order chi connectivity index (χ0) is 14.0. The highest BCUT2D eigenvalue weighted by atomic mass is 19.1. The molecule has 2 rings (SSSR count). The minimum absolute atomic E-state index is 0.272. The van der Waals surface area contributed by atoms with E-state index in [-0.39, 0.29) is 5.56 Å². The maximum absolute atomic E-state index is 13.5. The molecule has 0 saturated heterocycles. The van der Waals surface area contributed by atoms with Gasteiger partial charge >= 0.3 is 5.97 Å². The van der Waals surface area contributed by atoms with E-state index < -0.39 is 11.8 Å². The Bertz CT molecular complexity index is 475. The van der Waals surface area contributed by atoms with Crippen LogP contribution in [0.25, 0.3) is 0 Å². The summed E-state index contributed by atoms with van der Waals surface area (Å²) in [5.41, 5.74) is 0.515. The van der Waals surface area contributed by atoms with Gasteiger partial charge < -0.3 is 10.4 Å². The van der Waals surface area contributed by atoms with E-state index in [2.05, 4.69) is 19.2 Å². The van der Waals surface area contributed by atoms with Crippen molar-refractivity contribution in [3.63, 3.8) is 0 Å². The molecule has 3 atom stereocenters. The molecule has 3 nitrogen and oxygen atoms in total. The van der Waals surface area contributed by atoms with Crippen molar-refractivity contribution in [2.45, 2.75) is 39.3 Å². The van der Waals surface area contributed by atoms with Gasteiger partial charge in [0.05, 0.1) is 5.56 Å². The predicted octanol–water partition coefficient (Wildman–Crippen LogP) is 3.05. The number of hydrogen-bond donors (Lipinski definition) is 2. The zero-order valence-corrected chi connectivity index (χ0v) is 11.3. The van der Waals surface area contributed by atoms with Crippen LogP contribution in [0.15, 0.2) is 18.2 Å². The molecule has 19 heavy (non-hydrogen) atoms. The van der Waals surface area contributed by atoms with Crippen molar-refractivity contribution >= 4 is 5.97 Å². The molecule has 0 aliphatic heterocycles. The number of carboxylic acids is 1. The first-order valence-electron chi connectivity index (χ1n) is 6.74. The Labute approximate surface area is 112 Å². The van der Waals surface area contributed by atoms with Crippen molar-refractivity contribution < 1.29 is 14.3 Å². The van der Waals surface area contributed by atoms with Gasteiger partial charge in [-0.2, -0.15) is 0 Å². The van der Waals surface area contributed by atoms with Gasteiger partial charge in [0.15, 0.2) is 0 Å². The maximum atomic E-state index is 13.5. The second-order valence-electron chi connectivity index (χ2n) is 5.52. The van der Waals surface area contributed by atoms with Crippen LogP contribution in [0.5, 0.6) is 0 Å². The van der Waals surface area contributed by atoms with E-state index in [0.717, 1.165) is 17.9 Å². The van der Waals surface area contributed by atoms with Gasteiger partial charge in [-0.1, -0.05) is 19.9 Å². The Balaban J connectivity index is 1.97. The first kappa shape index (κ1) is 14.0. The summed E-state index contributed by atoms with van der Waals surface area (Å²) in [4.78, 5) is 10.7. The molecule has 3 unspecified atom stereocenters. The number of carbonyl (C=O) groups is 1. The second kappa shape index (κ2) is 5.70. The molecular weight excluding hydrogens is 245 g/mol. The van der Waals surface area contributed by atoms with Crippen molar-refractivity contribution in [3.05, 3.63) is 35.1 Å². The molecular formula is C15H20FNO2. The molecule has 0 heterocycles. The maximum Gasteiger partial charge on any atom is 0.338 e. The summed E-state index contributed by atoms with van der Waals surface area (Å²) in [7, 11) is 0. The molecule has 1 saturated carbocycles. The number of aromatic carboxylic acids is 1. The van der Waals surface area contributed by atoms with E-state index in [1.54, 1.807) is 6.07 Å². The number of halogens is 1. The molecule has 104 valence electrons. The highest BCUT2D eigenvalue weighted by molar-refractivity contribution is 5.87. The normalized spacial score (nSPS) is 26.6. The summed E-state index contributed by atoms with van der Waals surface area (Å²) in [5.74, 6) is -0.540. The van der Waals surface area contributed by atoms with Crippen molar-refractivity contribution in [1.29, 1.82) is 0 Å². The predicted molar refractivity (Wildman–Crippen MR) is 71.5 cm³/mol. The standard InChI is InChI=1S/C15H20FNO2/c1-9-3-6-14(10(9)2)17-8-11-4-5-12(15(18)19)13(16)7-11/h4-5,7,9-10,14,17H,3,6,8H2,1-2H3,(H,18,19). The first-order chi connectivity index (χ1) is 8.99. The molecule has 1 fully saturated rings. The van der Waals surface area contributed by atoms with Crippen LogP contribution in [-0.2, 0) is 6.54 Å². The smallest absolute Gasteiger partial charge is 0.338 e. The molecule has 0 bridgehead atoms. The molecule has 0 amide bonds. The molecule has 1 aliphatic carbocycles. The van der Waals surface area contributed by atoms with Gasteiger partial charge in [0.25, 0.3) is 0 Å². The van der Waals surface area contributed by atoms with E-state index in [1.807, 2.05) is 0 Å². The number of nitrogens with one attached hydrogen (secondary N) is 1. The Hall–Kier alpha value is -1.42. The number of hydrogen-bond acceptors (Lipinski definition) is 2. The first-order valence-corrected chi connectivity index (χ1v) is 6.74. The van der Waals surface area contributed by atoms with E-state index in [4.69, 9.17) is 5.11 Å². The monoisotopic (exact) mass is 265 g/mol. The average molecular weight is 265 g/mol. The van der Waals surface area contributed by atoms with Crippen LogP contribution in [-0.4, -0.2) is 17.1 Å². The Kier molecular flexibility index (Phi) is 4.20. The number of benzene rings is 1. The molecule has 0 aromatic heterocycles. The van der Waals surface area contributed by atoms with E-state index in [0.29, 0.717) is 18.5 Å². The lowest BCUT2D eigenvalue weighted by Gasteiger charge is -2.19. The molecule has 0 radical (unpaired) electrons. The molecule has 1 aromatic carbocycles. The lowest BCUT2D eigenvalue weighted by molar-refractivity contribution is 0.0692. The minimum Gasteiger partial charge on any atom is -0.478 e. The lowest BCUT2D eigenvalue weighted by Crippen LogP contribution is -2.31. The molecule has 1 aromatic rings. The third-order valence-electron chi connectivity index (χ3n) is 4.30. The highest BCUT2D eigenvalue weighted by Crippen LogP contribution is 2.31. The van der Waals surface area contributed by atoms with Crippen molar-refractivity contribution in [1.82, 2.24) is 5.32 Å². The van der Waals surface area contributed by atoms with Gasteiger partial charge in [0, 0.05) is 12.6 Å². The zero-order valence-electron chi connectivity index (χ0n) is 11.3. The summed E-state index contributed by atoms with van der Waals surface area (Å²) in [6.07, 6.45) is 2.38. The average Bonchev–Trinajstić information content (AvgIpc) is 2.67. The Morgan fingerprint density at radius 2 is 2.16 bits per heavy atom. The van der Waals surface area contributed by atoms with Crippen LogP contribution in [0.4, 0.5) is 4.39 Å². The van der Waals surface area contributed by atoms with E-state index >= 15 is 0 Å². The van der Waals surface area contributed by atoms with Crippen LogP contribution in [0.1, 0.15) is 42.6 Å². The second-order valence-corrected chi connectivity index (χ2v) is 5.52. The summed E-state index contributed by atoms with van der Waals surface area (Å²) in [5, 5.41) is 12.2. The molecule has 2 N–H and O–H groups in total. The van der Waals surface area contributed by atoms with Gasteiger partial charge in [0.2, 0.25) is 0 Å². The van der Waals surface area contributed by atoms with E-state index in [9.17, 15) is 9.18 Å². The lowest BCUT2D eigenvalue weighted by atomic mass is 9.97. The fraction of sp³-hybridized carbons (Fsp3) is 0.533. The van der Waals surface area contributed by atoms with Gasteiger partial charge in [-0.05, 0) is 42.4 Å². The summed E-state index contributed by atoms with van der Waals surface area (Å²) in [6.45, 7) is 5.08. The van der Waals surface area contributed by atoms with Crippen molar-refractivity contribution in [3.8, 4) is 0 Å². The van der Waals surface area contributed by atoms with Crippen LogP contribution in [0.3, 0.4) is 0 Å². The Morgan fingerprint density at radius 1 is 1.42 bits per heavy atom. The van der Waals surface area contributed by atoms with Crippen LogP contribution >= 0.6 is 0 Å². The number of rotatable bonds is 4. The fourth-order valence-corrected chi connectivity index (χ4v) is 2.74. The fourth-order valence-electron chi connectivity index (χ4n) is 2.74.